The van der Waals surface area contributed by atoms with Crippen LogP contribution in [0.3, 0.4) is 0 Å². The molecular formula is C22H28BrN3O3S2. The van der Waals surface area contributed by atoms with Crippen molar-refractivity contribution in [1.29, 1.82) is 0 Å². The van der Waals surface area contributed by atoms with Crippen LogP contribution >= 0.6 is 27.3 Å². The standard InChI is InChI=1S/C22H28BrN3O3S2/c23-20-8-9-21(30-20)31(28,29)26-12-4-7-18(16-26)22(27)24-19-10-13-25(14-11-19)15-17-5-2-1-3-6-17/h1-3,5-6,8-9,18-19H,4,7,10-16H2,(H,24,27)/t18-/m0/s1. The molecule has 0 spiro atoms. The Morgan fingerprint density at radius 1 is 1.06 bits per heavy atom. The zero-order valence-corrected chi connectivity index (χ0v) is 20.6. The van der Waals surface area contributed by atoms with Crippen molar-refractivity contribution in [1.82, 2.24) is 14.5 Å². The lowest BCUT2D eigenvalue weighted by molar-refractivity contribution is -0.127. The highest BCUT2D eigenvalue weighted by Crippen LogP contribution is 2.31. The van der Waals surface area contributed by atoms with Crippen molar-refractivity contribution in [3.05, 3.63) is 51.8 Å². The number of rotatable bonds is 6. The first-order valence-electron chi connectivity index (χ1n) is 10.7. The van der Waals surface area contributed by atoms with E-state index < -0.39 is 10.0 Å². The summed E-state index contributed by atoms with van der Waals surface area (Å²) in [5.41, 5.74) is 1.31. The number of carbonyl (C=O) groups is 1. The van der Waals surface area contributed by atoms with Gasteiger partial charge in [0.1, 0.15) is 4.21 Å². The molecule has 2 aliphatic heterocycles. The molecule has 0 bridgehead atoms. The van der Waals surface area contributed by atoms with Crippen LogP contribution in [-0.2, 0) is 21.4 Å². The molecule has 0 saturated carbocycles. The predicted octanol–water partition coefficient (Wildman–Crippen LogP) is 3.69. The number of carbonyl (C=O) groups excluding carboxylic acids is 1. The number of thiophene rings is 1. The molecule has 2 aromatic rings. The van der Waals surface area contributed by atoms with Crippen molar-refractivity contribution >= 4 is 43.2 Å². The Morgan fingerprint density at radius 3 is 2.48 bits per heavy atom. The van der Waals surface area contributed by atoms with E-state index in [1.54, 1.807) is 12.1 Å². The zero-order valence-electron chi connectivity index (χ0n) is 17.4. The van der Waals surface area contributed by atoms with Crippen molar-refractivity contribution < 1.29 is 13.2 Å². The maximum atomic E-state index is 12.9. The third-order valence-corrected chi connectivity index (χ3v) is 10.0. The van der Waals surface area contributed by atoms with Crippen LogP contribution in [0.15, 0.2) is 50.5 Å². The van der Waals surface area contributed by atoms with Gasteiger partial charge in [-0.3, -0.25) is 9.69 Å². The summed E-state index contributed by atoms with van der Waals surface area (Å²) < 4.78 is 28.4. The number of benzene rings is 1. The number of sulfonamides is 1. The maximum Gasteiger partial charge on any atom is 0.252 e. The predicted molar refractivity (Wildman–Crippen MR) is 126 cm³/mol. The maximum absolute atomic E-state index is 12.9. The minimum Gasteiger partial charge on any atom is -0.353 e. The third-order valence-electron chi connectivity index (χ3n) is 6.08. The van der Waals surface area contributed by atoms with Crippen LogP contribution in [-0.4, -0.2) is 55.8 Å². The summed E-state index contributed by atoms with van der Waals surface area (Å²) in [7, 11) is -3.54. The second-order valence-electron chi connectivity index (χ2n) is 8.31. The highest BCUT2D eigenvalue weighted by Gasteiger charge is 2.35. The third kappa shape index (κ3) is 5.76. The average Bonchev–Trinajstić information content (AvgIpc) is 3.23. The Kier molecular flexibility index (Phi) is 7.48. The van der Waals surface area contributed by atoms with E-state index in [2.05, 4.69) is 50.4 Å². The second kappa shape index (κ2) is 10.1. The summed E-state index contributed by atoms with van der Waals surface area (Å²) in [5, 5.41) is 3.20. The van der Waals surface area contributed by atoms with Crippen LogP contribution < -0.4 is 5.32 Å². The minimum atomic E-state index is -3.54. The normalized spacial score (nSPS) is 21.8. The lowest BCUT2D eigenvalue weighted by Gasteiger charge is -2.35. The smallest absolute Gasteiger partial charge is 0.252 e. The molecule has 2 fully saturated rings. The van der Waals surface area contributed by atoms with Gasteiger partial charge in [0, 0.05) is 38.8 Å². The Morgan fingerprint density at radius 2 is 1.81 bits per heavy atom. The Bertz CT molecular complexity index is 988. The summed E-state index contributed by atoms with van der Waals surface area (Å²) in [6.07, 6.45) is 3.30. The van der Waals surface area contributed by atoms with Gasteiger partial charge in [0.15, 0.2) is 0 Å². The van der Waals surface area contributed by atoms with Gasteiger partial charge in [-0.05, 0) is 59.3 Å². The fourth-order valence-electron chi connectivity index (χ4n) is 4.33. The summed E-state index contributed by atoms with van der Waals surface area (Å²) in [6, 6.07) is 14.0. The van der Waals surface area contributed by atoms with E-state index in [1.165, 1.54) is 21.2 Å². The lowest BCUT2D eigenvalue weighted by Crippen LogP contribution is -2.50. The molecule has 4 rings (SSSR count). The molecule has 1 aromatic carbocycles. The quantitative estimate of drug-likeness (QED) is 0.624. The van der Waals surface area contributed by atoms with Gasteiger partial charge < -0.3 is 5.32 Å². The molecule has 0 aliphatic carbocycles. The first-order valence-corrected chi connectivity index (χ1v) is 13.8. The first kappa shape index (κ1) is 22.9. The monoisotopic (exact) mass is 525 g/mol. The molecule has 1 N–H and O–H groups in total. The molecule has 0 unspecified atom stereocenters. The van der Waals surface area contributed by atoms with Crippen LogP contribution in [0.2, 0.25) is 0 Å². The fourth-order valence-corrected chi connectivity index (χ4v) is 8.02. The van der Waals surface area contributed by atoms with Gasteiger partial charge >= 0.3 is 0 Å². The van der Waals surface area contributed by atoms with E-state index in [0.29, 0.717) is 17.2 Å². The second-order valence-corrected chi connectivity index (χ2v) is 12.9. The minimum absolute atomic E-state index is 0.00577. The van der Waals surface area contributed by atoms with Gasteiger partial charge in [0.25, 0.3) is 10.0 Å². The number of nitrogens with zero attached hydrogens (tertiary/aromatic N) is 2. The molecule has 1 amide bonds. The number of likely N-dealkylation sites (tertiary alicyclic amines) is 1. The summed E-state index contributed by atoms with van der Waals surface area (Å²) in [5.74, 6) is -0.289. The zero-order chi connectivity index (χ0) is 21.8. The molecule has 1 aromatic heterocycles. The van der Waals surface area contributed by atoms with Crippen molar-refractivity contribution in [3.63, 3.8) is 0 Å². The molecular weight excluding hydrogens is 498 g/mol. The molecule has 168 valence electrons. The average molecular weight is 527 g/mol. The molecule has 2 saturated heterocycles. The highest BCUT2D eigenvalue weighted by molar-refractivity contribution is 9.11. The van der Waals surface area contributed by atoms with Gasteiger partial charge in [0.2, 0.25) is 5.91 Å². The van der Waals surface area contributed by atoms with Crippen LogP contribution in [0.4, 0.5) is 0 Å². The van der Waals surface area contributed by atoms with Gasteiger partial charge in [0.05, 0.1) is 9.70 Å². The molecule has 3 heterocycles. The summed E-state index contributed by atoms with van der Waals surface area (Å²) >= 11 is 4.54. The molecule has 2 aliphatic rings. The fraction of sp³-hybridized carbons (Fsp3) is 0.500. The highest BCUT2D eigenvalue weighted by atomic mass is 79.9. The van der Waals surface area contributed by atoms with E-state index in [4.69, 9.17) is 0 Å². The van der Waals surface area contributed by atoms with Crippen molar-refractivity contribution in [2.24, 2.45) is 5.92 Å². The van der Waals surface area contributed by atoms with Crippen molar-refractivity contribution in [2.45, 2.75) is 42.5 Å². The Balaban J connectivity index is 1.28. The van der Waals surface area contributed by atoms with E-state index in [0.717, 1.165) is 42.7 Å². The number of amides is 1. The molecule has 9 heteroatoms. The number of hydrogen-bond acceptors (Lipinski definition) is 5. The van der Waals surface area contributed by atoms with E-state index >= 15 is 0 Å². The van der Waals surface area contributed by atoms with Crippen molar-refractivity contribution in [3.8, 4) is 0 Å². The van der Waals surface area contributed by atoms with Crippen LogP contribution in [0.1, 0.15) is 31.2 Å². The van der Waals surface area contributed by atoms with E-state index in [1.807, 2.05) is 6.07 Å². The largest absolute Gasteiger partial charge is 0.353 e. The Hall–Kier alpha value is -1.26. The molecule has 31 heavy (non-hydrogen) atoms. The summed E-state index contributed by atoms with van der Waals surface area (Å²) in [4.78, 5) is 15.3. The van der Waals surface area contributed by atoms with Gasteiger partial charge in [-0.2, -0.15) is 4.31 Å². The molecule has 1 atom stereocenters. The van der Waals surface area contributed by atoms with Gasteiger partial charge in [-0.15, -0.1) is 11.3 Å². The number of nitrogens with one attached hydrogen (secondary N) is 1. The van der Waals surface area contributed by atoms with Gasteiger partial charge in [-0.1, -0.05) is 30.3 Å². The van der Waals surface area contributed by atoms with Crippen LogP contribution in [0.25, 0.3) is 0 Å². The van der Waals surface area contributed by atoms with Crippen LogP contribution in [0, 0.1) is 5.92 Å². The molecule has 6 nitrogen and oxygen atoms in total. The summed E-state index contributed by atoms with van der Waals surface area (Å²) in [6.45, 7) is 3.59. The van der Waals surface area contributed by atoms with E-state index in [9.17, 15) is 13.2 Å². The van der Waals surface area contributed by atoms with Gasteiger partial charge in [-0.25, -0.2) is 8.42 Å². The Labute approximate surface area is 196 Å². The topological polar surface area (TPSA) is 69.7 Å². The number of halogens is 1. The first-order chi connectivity index (χ1) is 14.9. The number of piperidine rings is 2. The molecule has 0 radical (unpaired) electrons. The van der Waals surface area contributed by atoms with E-state index in [-0.39, 0.29) is 24.4 Å². The number of hydrogen-bond donors (Lipinski definition) is 1. The van der Waals surface area contributed by atoms with Crippen molar-refractivity contribution in [2.75, 3.05) is 26.2 Å². The SMILES string of the molecule is O=C(NC1CCN(Cc2ccccc2)CC1)[C@H]1CCCN(S(=O)(=O)c2ccc(Br)s2)C1. The lowest BCUT2D eigenvalue weighted by atomic mass is 9.97. The van der Waals surface area contributed by atoms with Crippen LogP contribution in [0.5, 0.6) is 0 Å².